The fourth-order valence-electron chi connectivity index (χ4n) is 0.877. The Kier molecular flexibility index (Phi) is 6.29. The first-order chi connectivity index (χ1) is 7.60. The van der Waals surface area contributed by atoms with Gasteiger partial charge in [-0.05, 0) is 13.0 Å². The maximum absolute atomic E-state index is 11.7. The Morgan fingerprint density at radius 1 is 1.00 bits per heavy atom. The number of hydrogen-bond donors (Lipinski definition) is 2. The summed E-state index contributed by atoms with van der Waals surface area (Å²) in [6.07, 6.45) is -9.98. The summed E-state index contributed by atoms with van der Waals surface area (Å²) in [5.41, 5.74) is 0. The van der Waals surface area contributed by atoms with Gasteiger partial charge in [0.25, 0.3) is 0 Å². The van der Waals surface area contributed by atoms with Crippen LogP contribution in [0.15, 0.2) is 0 Å². The Morgan fingerprint density at radius 2 is 1.59 bits per heavy atom. The summed E-state index contributed by atoms with van der Waals surface area (Å²) in [5.74, 6) is -0.908. The molecule has 0 heterocycles. The van der Waals surface area contributed by atoms with E-state index in [-0.39, 0.29) is 13.0 Å². The summed E-state index contributed by atoms with van der Waals surface area (Å²) in [7, 11) is 0. The van der Waals surface area contributed by atoms with Crippen LogP contribution < -0.4 is 10.6 Å². The molecule has 0 unspecified atom stereocenters. The van der Waals surface area contributed by atoms with Gasteiger partial charge in [0.1, 0.15) is 6.54 Å². The molecule has 9 heteroatoms. The summed E-state index contributed by atoms with van der Waals surface area (Å²) in [4.78, 5) is 10.8. The van der Waals surface area contributed by atoms with E-state index in [9.17, 15) is 31.1 Å². The molecule has 1 amide bonds. The number of hydrogen-bond acceptors (Lipinski definition) is 2. The second-order valence-corrected chi connectivity index (χ2v) is 3.29. The second-order valence-electron chi connectivity index (χ2n) is 3.29. The Morgan fingerprint density at radius 3 is 2.06 bits per heavy atom. The van der Waals surface area contributed by atoms with Crippen LogP contribution in [-0.4, -0.2) is 37.9 Å². The standard InChI is InChI=1S/C8H12F6N2O/c9-7(10,11)2-1-3-15-4-6(17)16-5-8(12,13)14/h15H,1-5H2,(H,16,17). The summed E-state index contributed by atoms with van der Waals surface area (Å²) in [5, 5.41) is 3.90. The third kappa shape index (κ3) is 12.9. The minimum absolute atomic E-state index is 0.0844. The van der Waals surface area contributed by atoms with Crippen molar-refractivity contribution in [3.8, 4) is 0 Å². The molecule has 0 saturated carbocycles. The van der Waals surface area contributed by atoms with Gasteiger partial charge in [-0.15, -0.1) is 0 Å². The lowest BCUT2D eigenvalue weighted by molar-refractivity contribution is -0.138. The average Bonchev–Trinajstić information content (AvgIpc) is 2.11. The highest BCUT2D eigenvalue weighted by atomic mass is 19.4. The van der Waals surface area contributed by atoms with Gasteiger partial charge in [0, 0.05) is 6.42 Å². The Hall–Kier alpha value is -0.990. The zero-order valence-electron chi connectivity index (χ0n) is 8.71. The molecule has 0 aliphatic rings. The van der Waals surface area contributed by atoms with E-state index in [0.717, 1.165) is 0 Å². The minimum atomic E-state index is -4.49. The summed E-state index contributed by atoms with van der Waals surface area (Å²) < 4.78 is 69.9. The molecule has 2 N–H and O–H groups in total. The van der Waals surface area contributed by atoms with E-state index in [1.165, 1.54) is 0 Å². The maximum atomic E-state index is 11.7. The first kappa shape index (κ1) is 16.0. The zero-order valence-corrected chi connectivity index (χ0v) is 8.71. The molecular formula is C8H12F6N2O. The zero-order chi connectivity index (χ0) is 13.5. The van der Waals surface area contributed by atoms with Crippen LogP contribution in [0.5, 0.6) is 0 Å². The molecule has 0 aliphatic heterocycles. The number of alkyl halides is 6. The van der Waals surface area contributed by atoms with Gasteiger partial charge in [-0.25, -0.2) is 0 Å². The van der Waals surface area contributed by atoms with Gasteiger partial charge in [-0.3, -0.25) is 4.79 Å². The van der Waals surface area contributed by atoms with Crippen LogP contribution in [0, 0.1) is 0 Å². The van der Waals surface area contributed by atoms with E-state index in [1.807, 2.05) is 0 Å². The largest absolute Gasteiger partial charge is 0.405 e. The molecule has 17 heavy (non-hydrogen) atoms. The van der Waals surface area contributed by atoms with E-state index in [0.29, 0.717) is 0 Å². The molecule has 0 fully saturated rings. The monoisotopic (exact) mass is 266 g/mol. The number of carbonyl (C=O) groups excluding carboxylic acids is 1. The van der Waals surface area contributed by atoms with E-state index < -0.39 is 37.8 Å². The summed E-state index contributed by atoms with van der Waals surface area (Å²) >= 11 is 0. The van der Waals surface area contributed by atoms with E-state index >= 15 is 0 Å². The minimum Gasteiger partial charge on any atom is -0.346 e. The molecule has 0 aromatic rings. The van der Waals surface area contributed by atoms with Crippen molar-refractivity contribution in [1.29, 1.82) is 0 Å². The molecule has 0 saturated heterocycles. The quantitative estimate of drug-likeness (QED) is 0.566. The van der Waals surface area contributed by atoms with Crippen LogP contribution in [0.25, 0.3) is 0 Å². The molecule has 0 aromatic carbocycles. The molecule has 0 spiro atoms. The summed E-state index contributed by atoms with van der Waals surface area (Å²) in [6.45, 7) is -1.97. The molecule has 0 aromatic heterocycles. The first-order valence-electron chi connectivity index (χ1n) is 4.71. The van der Waals surface area contributed by atoms with Crippen LogP contribution >= 0.6 is 0 Å². The van der Waals surface area contributed by atoms with Crippen LogP contribution in [0.2, 0.25) is 0 Å². The van der Waals surface area contributed by atoms with Gasteiger partial charge < -0.3 is 10.6 Å². The lowest BCUT2D eigenvalue weighted by atomic mass is 10.3. The molecule has 0 atom stereocenters. The van der Waals surface area contributed by atoms with Crippen molar-refractivity contribution >= 4 is 5.91 Å². The topological polar surface area (TPSA) is 41.1 Å². The van der Waals surface area contributed by atoms with Crippen molar-refractivity contribution in [2.24, 2.45) is 0 Å². The van der Waals surface area contributed by atoms with Crippen molar-refractivity contribution < 1.29 is 31.1 Å². The van der Waals surface area contributed by atoms with Crippen LogP contribution in [0.4, 0.5) is 26.3 Å². The Bertz CT molecular complexity index is 237. The van der Waals surface area contributed by atoms with Crippen molar-refractivity contribution in [1.82, 2.24) is 10.6 Å². The summed E-state index contributed by atoms with van der Waals surface area (Å²) in [6, 6.07) is 0. The van der Waals surface area contributed by atoms with Crippen LogP contribution in [0.1, 0.15) is 12.8 Å². The molecule has 0 rings (SSSR count). The van der Waals surface area contributed by atoms with Gasteiger partial charge in [0.2, 0.25) is 5.91 Å². The third-order valence-electron chi connectivity index (χ3n) is 1.59. The van der Waals surface area contributed by atoms with E-state index in [2.05, 4.69) is 5.32 Å². The second kappa shape index (κ2) is 6.67. The maximum Gasteiger partial charge on any atom is 0.405 e. The molecule has 0 bridgehead atoms. The van der Waals surface area contributed by atoms with Gasteiger partial charge >= 0.3 is 12.4 Å². The first-order valence-corrected chi connectivity index (χ1v) is 4.71. The van der Waals surface area contributed by atoms with Gasteiger partial charge in [-0.2, -0.15) is 26.3 Å². The van der Waals surface area contributed by atoms with E-state index in [4.69, 9.17) is 0 Å². The van der Waals surface area contributed by atoms with Crippen LogP contribution in [0.3, 0.4) is 0 Å². The third-order valence-corrected chi connectivity index (χ3v) is 1.59. The number of amides is 1. The molecular weight excluding hydrogens is 254 g/mol. The fourth-order valence-corrected chi connectivity index (χ4v) is 0.877. The SMILES string of the molecule is O=C(CNCCCC(F)(F)F)NCC(F)(F)F. The van der Waals surface area contributed by atoms with Crippen molar-refractivity contribution in [2.75, 3.05) is 19.6 Å². The highest BCUT2D eigenvalue weighted by molar-refractivity contribution is 5.77. The Balaban J connectivity index is 3.47. The Labute approximate surface area is 93.5 Å². The molecule has 3 nitrogen and oxygen atoms in total. The van der Waals surface area contributed by atoms with Gasteiger partial charge in [-0.1, -0.05) is 0 Å². The number of rotatable bonds is 6. The normalized spacial score (nSPS) is 12.6. The van der Waals surface area contributed by atoms with Gasteiger partial charge in [0.05, 0.1) is 6.54 Å². The lowest BCUT2D eigenvalue weighted by Gasteiger charge is -2.09. The van der Waals surface area contributed by atoms with E-state index in [1.54, 1.807) is 5.32 Å². The molecule has 102 valence electrons. The smallest absolute Gasteiger partial charge is 0.346 e. The van der Waals surface area contributed by atoms with Crippen molar-refractivity contribution in [2.45, 2.75) is 25.2 Å². The lowest BCUT2D eigenvalue weighted by Crippen LogP contribution is -2.39. The van der Waals surface area contributed by atoms with Crippen molar-refractivity contribution in [3.05, 3.63) is 0 Å². The van der Waals surface area contributed by atoms with Crippen LogP contribution in [-0.2, 0) is 4.79 Å². The predicted molar refractivity (Wildman–Crippen MR) is 47.2 cm³/mol. The molecule has 0 aliphatic carbocycles. The molecule has 0 radical (unpaired) electrons. The highest BCUT2D eigenvalue weighted by Gasteiger charge is 2.27. The highest BCUT2D eigenvalue weighted by Crippen LogP contribution is 2.20. The predicted octanol–water partition coefficient (Wildman–Crippen LogP) is 1.60. The number of nitrogens with one attached hydrogen (secondary N) is 2. The number of halogens is 6. The number of carbonyl (C=O) groups is 1. The van der Waals surface area contributed by atoms with Crippen molar-refractivity contribution in [3.63, 3.8) is 0 Å². The average molecular weight is 266 g/mol. The van der Waals surface area contributed by atoms with Gasteiger partial charge in [0.15, 0.2) is 0 Å². The fraction of sp³-hybridized carbons (Fsp3) is 0.875.